The third-order valence-corrected chi connectivity index (χ3v) is 1.86. The first-order chi connectivity index (χ1) is 7.17. The Kier molecular flexibility index (Phi) is 4.15. The molecule has 0 fully saturated rings. The van der Waals surface area contributed by atoms with E-state index in [0.29, 0.717) is 17.2 Å². The van der Waals surface area contributed by atoms with Gasteiger partial charge in [-0.3, -0.25) is 0 Å². The van der Waals surface area contributed by atoms with E-state index in [1.807, 2.05) is 0 Å². The Hall–Kier alpha value is -1.52. The van der Waals surface area contributed by atoms with Gasteiger partial charge in [0.1, 0.15) is 11.5 Å². The lowest BCUT2D eigenvalue weighted by Gasteiger charge is -2.11. The van der Waals surface area contributed by atoms with E-state index < -0.39 is 13.0 Å². The smallest absolute Gasteiger partial charge is 0.255 e. The summed E-state index contributed by atoms with van der Waals surface area (Å²) in [5, 5.41) is 2.58. The van der Waals surface area contributed by atoms with E-state index in [2.05, 4.69) is 5.32 Å². The second-order valence-corrected chi connectivity index (χ2v) is 2.84. The van der Waals surface area contributed by atoms with Crippen LogP contribution in [0, 0.1) is 0 Å². The van der Waals surface area contributed by atoms with E-state index >= 15 is 0 Å². The van der Waals surface area contributed by atoms with E-state index in [-0.39, 0.29) is 0 Å². The number of methoxy groups -OCH3 is 2. The van der Waals surface area contributed by atoms with E-state index in [1.165, 1.54) is 14.2 Å². The lowest BCUT2D eigenvalue weighted by molar-refractivity contribution is 0.163. The minimum absolute atomic E-state index is 0.400. The van der Waals surface area contributed by atoms with Crippen LogP contribution in [0.5, 0.6) is 11.5 Å². The molecule has 0 spiro atoms. The summed E-state index contributed by atoms with van der Waals surface area (Å²) < 4.78 is 34.0. The molecule has 84 valence electrons. The quantitative estimate of drug-likeness (QED) is 0.821. The van der Waals surface area contributed by atoms with Gasteiger partial charge in [0.15, 0.2) is 0 Å². The van der Waals surface area contributed by atoms with E-state index in [1.54, 1.807) is 18.2 Å². The summed E-state index contributed by atoms with van der Waals surface area (Å²) in [4.78, 5) is 0. The van der Waals surface area contributed by atoms with Crippen LogP contribution in [0.2, 0.25) is 0 Å². The van der Waals surface area contributed by atoms with Crippen LogP contribution in [0.3, 0.4) is 0 Å². The van der Waals surface area contributed by atoms with Gasteiger partial charge in [-0.15, -0.1) is 0 Å². The number of ether oxygens (including phenoxy) is 2. The summed E-state index contributed by atoms with van der Waals surface area (Å²) in [5.41, 5.74) is 0.526. The van der Waals surface area contributed by atoms with Crippen molar-refractivity contribution < 1.29 is 18.3 Å². The highest BCUT2D eigenvalue weighted by atomic mass is 19.3. The van der Waals surface area contributed by atoms with Gasteiger partial charge in [-0.1, -0.05) is 0 Å². The molecular formula is C10H13F2NO2. The maximum atomic E-state index is 12.0. The Morgan fingerprint density at radius 1 is 1.27 bits per heavy atom. The predicted molar refractivity (Wildman–Crippen MR) is 54.0 cm³/mol. The predicted octanol–water partition coefficient (Wildman–Crippen LogP) is 2.38. The standard InChI is InChI=1S/C10H13F2NO2/c1-14-7-3-4-8(9(5-7)15-2)13-6-10(11)12/h3-5,10,13H,6H2,1-2H3. The molecule has 3 nitrogen and oxygen atoms in total. The van der Waals surface area contributed by atoms with Crippen LogP contribution in [0.25, 0.3) is 0 Å². The molecule has 1 aromatic carbocycles. The van der Waals surface area contributed by atoms with E-state index in [0.717, 1.165) is 0 Å². The number of halogens is 2. The number of hydrogen-bond donors (Lipinski definition) is 1. The number of hydrogen-bond acceptors (Lipinski definition) is 3. The maximum Gasteiger partial charge on any atom is 0.255 e. The average Bonchev–Trinajstić information content (AvgIpc) is 2.25. The number of anilines is 1. The lowest BCUT2D eigenvalue weighted by Crippen LogP contribution is -2.10. The molecule has 0 saturated carbocycles. The van der Waals surface area contributed by atoms with Crippen molar-refractivity contribution in [1.29, 1.82) is 0 Å². The Morgan fingerprint density at radius 2 is 2.00 bits per heavy atom. The second-order valence-electron chi connectivity index (χ2n) is 2.84. The Bertz CT molecular complexity index is 318. The van der Waals surface area contributed by atoms with Crippen LogP contribution in [0.15, 0.2) is 18.2 Å². The molecule has 0 atom stereocenters. The van der Waals surface area contributed by atoms with Gasteiger partial charge in [-0.05, 0) is 12.1 Å². The van der Waals surface area contributed by atoms with Gasteiger partial charge in [0.25, 0.3) is 6.43 Å². The average molecular weight is 217 g/mol. The summed E-state index contributed by atoms with van der Waals surface area (Å²) >= 11 is 0. The Morgan fingerprint density at radius 3 is 2.53 bits per heavy atom. The molecule has 5 heteroatoms. The first-order valence-corrected chi connectivity index (χ1v) is 4.41. The summed E-state index contributed by atoms with van der Waals surface area (Å²) in [7, 11) is 3.00. The van der Waals surface area contributed by atoms with Crippen molar-refractivity contribution in [3.8, 4) is 11.5 Å². The van der Waals surface area contributed by atoms with Crippen LogP contribution >= 0.6 is 0 Å². The zero-order valence-electron chi connectivity index (χ0n) is 8.59. The van der Waals surface area contributed by atoms with Crippen LogP contribution in [0.4, 0.5) is 14.5 Å². The topological polar surface area (TPSA) is 30.5 Å². The van der Waals surface area contributed by atoms with Crippen molar-refractivity contribution in [2.45, 2.75) is 6.43 Å². The number of alkyl halides is 2. The third kappa shape index (κ3) is 3.27. The van der Waals surface area contributed by atoms with Gasteiger partial charge in [0, 0.05) is 6.07 Å². The molecule has 0 aliphatic rings. The fourth-order valence-corrected chi connectivity index (χ4v) is 1.13. The van der Waals surface area contributed by atoms with Crippen molar-refractivity contribution in [2.24, 2.45) is 0 Å². The summed E-state index contributed by atoms with van der Waals surface area (Å²) in [5.74, 6) is 1.10. The highest BCUT2D eigenvalue weighted by Gasteiger charge is 2.07. The zero-order chi connectivity index (χ0) is 11.3. The van der Waals surface area contributed by atoms with Crippen molar-refractivity contribution in [1.82, 2.24) is 0 Å². The first-order valence-electron chi connectivity index (χ1n) is 4.41. The molecule has 0 aliphatic heterocycles. The first kappa shape index (κ1) is 11.6. The third-order valence-electron chi connectivity index (χ3n) is 1.86. The molecule has 0 heterocycles. The van der Waals surface area contributed by atoms with Crippen LogP contribution < -0.4 is 14.8 Å². The highest BCUT2D eigenvalue weighted by molar-refractivity contribution is 5.59. The zero-order valence-corrected chi connectivity index (χ0v) is 8.59. The minimum Gasteiger partial charge on any atom is -0.497 e. The molecule has 15 heavy (non-hydrogen) atoms. The van der Waals surface area contributed by atoms with Gasteiger partial charge in [-0.2, -0.15) is 0 Å². The summed E-state index contributed by atoms with van der Waals surface area (Å²) in [6, 6.07) is 4.95. The van der Waals surface area contributed by atoms with Crippen molar-refractivity contribution in [3.63, 3.8) is 0 Å². The molecular weight excluding hydrogens is 204 g/mol. The van der Waals surface area contributed by atoms with E-state index in [9.17, 15) is 8.78 Å². The number of benzene rings is 1. The molecule has 1 N–H and O–H groups in total. The number of rotatable bonds is 5. The normalized spacial score (nSPS) is 10.2. The molecule has 1 aromatic rings. The Labute approximate surface area is 87.0 Å². The molecule has 0 amide bonds. The molecule has 0 aliphatic carbocycles. The van der Waals surface area contributed by atoms with Crippen molar-refractivity contribution >= 4 is 5.69 Å². The fraction of sp³-hybridized carbons (Fsp3) is 0.400. The largest absolute Gasteiger partial charge is 0.497 e. The van der Waals surface area contributed by atoms with Crippen LogP contribution in [0.1, 0.15) is 0 Å². The van der Waals surface area contributed by atoms with Crippen LogP contribution in [-0.4, -0.2) is 27.2 Å². The van der Waals surface area contributed by atoms with E-state index in [4.69, 9.17) is 9.47 Å². The summed E-state index contributed by atoms with van der Waals surface area (Å²) in [6.45, 7) is -0.400. The van der Waals surface area contributed by atoms with Gasteiger partial charge in [-0.25, -0.2) is 8.78 Å². The molecule has 1 rings (SSSR count). The van der Waals surface area contributed by atoms with Gasteiger partial charge >= 0.3 is 0 Å². The number of nitrogens with one attached hydrogen (secondary N) is 1. The van der Waals surface area contributed by atoms with Crippen molar-refractivity contribution in [3.05, 3.63) is 18.2 Å². The van der Waals surface area contributed by atoms with Gasteiger partial charge in [0.05, 0.1) is 26.5 Å². The molecule has 0 unspecified atom stereocenters. The molecule has 0 saturated heterocycles. The SMILES string of the molecule is COc1ccc(NCC(F)F)c(OC)c1. The lowest BCUT2D eigenvalue weighted by atomic mass is 10.2. The minimum atomic E-state index is -2.39. The summed E-state index contributed by atoms with van der Waals surface area (Å²) in [6.07, 6.45) is -2.39. The highest BCUT2D eigenvalue weighted by Crippen LogP contribution is 2.28. The van der Waals surface area contributed by atoms with Crippen molar-refractivity contribution in [2.75, 3.05) is 26.1 Å². The fourth-order valence-electron chi connectivity index (χ4n) is 1.13. The molecule has 0 radical (unpaired) electrons. The molecule has 0 bridgehead atoms. The Balaban J connectivity index is 2.78. The van der Waals surface area contributed by atoms with Gasteiger partial charge < -0.3 is 14.8 Å². The maximum absolute atomic E-state index is 12.0. The monoisotopic (exact) mass is 217 g/mol. The second kappa shape index (κ2) is 5.38. The molecule has 0 aromatic heterocycles. The van der Waals surface area contributed by atoms with Crippen LogP contribution in [-0.2, 0) is 0 Å². The van der Waals surface area contributed by atoms with Gasteiger partial charge in [0.2, 0.25) is 0 Å².